The molecule has 0 saturated carbocycles. The Labute approximate surface area is 240 Å². The van der Waals surface area contributed by atoms with Crippen LogP contribution < -0.4 is 9.08 Å². The average molecular weight is 613 g/mol. The molecule has 0 radical (unpaired) electrons. The van der Waals surface area contributed by atoms with Crippen molar-refractivity contribution in [3.05, 3.63) is 75.2 Å². The monoisotopic (exact) mass is 611 g/mol. The van der Waals surface area contributed by atoms with Gasteiger partial charge in [-0.2, -0.15) is 8.42 Å². The second-order valence-electron chi connectivity index (χ2n) is 8.70. The number of fused-ring (bicyclic) bond motifs is 1. The number of hydrogen-bond acceptors (Lipinski definition) is 9. The number of halogens is 2. The van der Waals surface area contributed by atoms with Gasteiger partial charge < -0.3 is 9.08 Å². The van der Waals surface area contributed by atoms with Crippen molar-refractivity contribution in [2.75, 3.05) is 29.7 Å². The summed E-state index contributed by atoms with van der Waals surface area (Å²) in [6, 6.07) is 13.3. The quantitative estimate of drug-likeness (QED) is 0.0760. The van der Waals surface area contributed by atoms with Gasteiger partial charge in [-0.15, -0.1) is 28.3 Å². The first-order valence-corrected chi connectivity index (χ1v) is 15.6. The zero-order chi connectivity index (χ0) is 28.0. The molecular formula is C25H27Cl2N5O5S2. The third-order valence-electron chi connectivity index (χ3n) is 6.09. The van der Waals surface area contributed by atoms with Crippen LogP contribution in [-0.2, 0) is 23.1 Å². The van der Waals surface area contributed by atoms with E-state index in [1.54, 1.807) is 41.1 Å². The molecule has 208 valence electrons. The Hall–Kier alpha value is -2.93. The Morgan fingerprint density at radius 2 is 1.85 bits per heavy atom. The summed E-state index contributed by atoms with van der Waals surface area (Å²) >= 11 is 12.7. The molecule has 0 spiro atoms. The van der Waals surface area contributed by atoms with Gasteiger partial charge in [-0.3, -0.25) is 10.1 Å². The number of alkyl halides is 2. The number of thiophene rings is 1. The van der Waals surface area contributed by atoms with Crippen LogP contribution in [0.15, 0.2) is 53.9 Å². The zero-order valence-corrected chi connectivity index (χ0v) is 24.2. The lowest BCUT2D eigenvalue weighted by Crippen LogP contribution is -2.27. The smallest absolute Gasteiger partial charge is 0.328 e. The number of aryl methyl sites for hydroxylation is 1. The van der Waals surface area contributed by atoms with Crippen LogP contribution in [0, 0.1) is 10.1 Å². The molecule has 0 saturated heterocycles. The molecule has 2 heterocycles. The molecule has 14 heteroatoms. The molecule has 0 aliphatic heterocycles. The summed E-state index contributed by atoms with van der Waals surface area (Å²) in [7, 11) is -4.36. The van der Waals surface area contributed by atoms with Gasteiger partial charge in [0.25, 0.3) is 0 Å². The molecule has 10 nitrogen and oxygen atoms in total. The number of nitro groups is 1. The lowest BCUT2D eigenvalue weighted by molar-refractivity contribution is -0.380. The van der Waals surface area contributed by atoms with Crippen LogP contribution in [0.1, 0.15) is 29.7 Å². The Morgan fingerprint density at radius 3 is 2.49 bits per heavy atom. The van der Waals surface area contributed by atoms with Crippen molar-refractivity contribution in [1.29, 1.82) is 0 Å². The van der Waals surface area contributed by atoms with E-state index in [4.69, 9.17) is 27.4 Å². The van der Waals surface area contributed by atoms with Crippen molar-refractivity contribution >= 4 is 66.4 Å². The number of anilines is 1. The second kappa shape index (κ2) is 12.9. The minimum Gasteiger partial charge on any atom is -0.382 e. The standard InChI is InChI=1S/C25H27Cl2N5O5S2/c1-2-12-31-23-16-18(3-8-22(23)28-29-31)17-24(21-9-15-38-25(21)32(33)34)39(35,36)37-20-6-4-19(5-7-20)30(13-10-26)14-11-27/h3-9,15-16,24H,2,10-14,17H2,1H3. The number of aromatic nitrogens is 3. The molecule has 2 aromatic heterocycles. The van der Waals surface area contributed by atoms with Crippen LogP contribution in [0.2, 0.25) is 0 Å². The van der Waals surface area contributed by atoms with E-state index in [9.17, 15) is 18.5 Å². The van der Waals surface area contributed by atoms with Crippen molar-refractivity contribution in [3.63, 3.8) is 0 Å². The van der Waals surface area contributed by atoms with E-state index in [0.29, 0.717) is 42.5 Å². The minimum absolute atomic E-state index is 0.0372. The van der Waals surface area contributed by atoms with E-state index < -0.39 is 20.3 Å². The molecule has 0 fully saturated rings. The van der Waals surface area contributed by atoms with Crippen molar-refractivity contribution in [2.45, 2.75) is 31.6 Å². The predicted molar refractivity (Wildman–Crippen MR) is 155 cm³/mol. The summed E-state index contributed by atoms with van der Waals surface area (Å²) in [5.74, 6) is 0.913. The fourth-order valence-electron chi connectivity index (χ4n) is 4.28. The molecule has 0 N–H and O–H groups in total. The van der Waals surface area contributed by atoms with E-state index in [1.165, 1.54) is 11.4 Å². The maximum Gasteiger partial charge on any atom is 0.328 e. The number of benzene rings is 2. The van der Waals surface area contributed by atoms with E-state index in [-0.39, 0.29) is 22.7 Å². The average Bonchev–Trinajstić information content (AvgIpc) is 3.55. The fraction of sp³-hybridized carbons (Fsp3) is 0.360. The lowest BCUT2D eigenvalue weighted by atomic mass is 10.0. The van der Waals surface area contributed by atoms with Crippen molar-refractivity contribution in [1.82, 2.24) is 15.0 Å². The highest BCUT2D eigenvalue weighted by atomic mass is 35.5. The Morgan fingerprint density at radius 1 is 1.13 bits per heavy atom. The van der Waals surface area contributed by atoms with Gasteiger partial charge in [0, 0.05) is 37.1 Å². The minimum atomic E-state index is -4.36. The van der Waals surface area contributed by atoms with E-state index in [0.717, 1.165) is 29.0 Å². The van der Waals surface area contributed by atoms with E-state index >= 15 is 0 Å². The van der Waals surface area contributed by atoms with Crippen molar-refractivity contribution < 1.29 is 17.5 Å². The van der Waals surface area contributed by atoms with Crippen LogP contribution in [-0.4, -0.2) is 53.2 Å². The largest absolute Gasteiger partial charge is 0.382 e. The lowest BCUT2D eigenvalue weighted by Gasteiger charge is -2.23. The van der Waals surface area contributed by atoms with Gasteiger partial charge in [-0.1, -0.05) is 29.5 Å². The van der Waals surface area contributed by atoms with E-state index in [2.05, 4.69) is 10.3 Å². The molecule has 39 heavy (non-hydrogen) atoms. The highest BCUT2D eigenvalue weighted by molar-refractivity contribution is 7.87. The summed E-state index contributed by atoms with van der Waals surface area (Å²) in [6.07, 6.45) is 0.813. The fourth-order valence-corrected chi connectivity index (χ4v) is 6.93. The third-order valence-corrected chi connectivity index (χ3v) is 8.85. The molecule has 2 aromatic carbocycles. The van der Waals surface area contributed by atoms with Gasteiger partial charge in [0.15, 0.2) is 0 Å². The molecule has 1 atom stereocenters. The number of hydrogen-bond donors (Lipinski definition) is 0. The third kappa shape index (κ3) is 6.81. The van der Waals surface area contributed by atoms with Gasteiger partial charge in [0.1, 0.15) is 16.5 Å². The normalized spacial score (nSPS) is 12.5. The van der Waals surface area contributed by atoms with Crippen molar-refractivity contribution in [2.24, 2.45) is 0 Å². The van der Waals surface area contributed by atoms with Crippen LogP contribution in [0.5, 0.6) is 5.75 Å². The summed E-state index contributed by atoms with van der Waals surface area (Å²) in [5, 5.41) is 20.0. The molecule has 0 aliphatic carbocycles. The highest BCUT2D eigenvalue weighted by Crippen LogP contribution is 2.38. The summed E-state index contributed by atoms with van der Waals surface area (Å²) in [4.78, 5) is 13.1. The maximum absolute atomic E-state index is 13.7. The Bertz CT molecular complexity index is 1520. The first-order chi connectivity index (χ1) is 18.8. The van der Waals surface area contributed by atoms with Gasteiger partial charge >= 0.3 is 15.1 Å². The Balaban J connectivity index is 1.67. The molecular weight excluding hydrogens is 585 g/mol. The second-order valence-corrected chi connectivity index (χ2v) is 12.1. The summed E-state index contributed by atoms with van der Waals surface area (Å²) < 4.78 is 34.6. The van der Waals surface area contributed by atoms with Crippen LogP contribution in [0.4, 0.5) is 10.7 Å². The SMILES string of the molecule is CCCn1nnc2ccc(CC(c3ccsc3[N+](=O)[O-])S(=O)(=O)Oc3ccc(N(CCCl)CCCl)cc3)cc21. The van der Waals surface area contributed by atoms with Crippen LogP contribution in [0.25, 0.3) is 11.0 Å². The van der Waals surface area contributed by atoms with Gasteiger partial charge in [-0.25, -0.2) is 4.68 Å². The Kier molecular flexibility index (Phi) is 9.65. The molecule has 0 aliphatic rings. The predicted octanol–water partition coefficient (Wildman–Crippen LogP) is 5.79. The topological polar surface area (TPSA) is 120 Å². The molecule has 0 amide bonds. The van der Waals surface area contributed by atoms with Crippen LogP contribution >= 0.6 is 34.5 Å². The van der Waals surface area contributed by atoms with Gasteiger partial charge in [0.2, 0.25) is 0 Å². The molecule has 1 unspecified atom stereocenters. The van der Waals surface area contributed by atoms with E-state index in [1.807, 2.05) is 17.9 Å². The maximum atomic E-state index is 13.7. The molecule has 4 aromatic rings. The van der Waals surface area contributed by atoms with Crippen LogP contribution in [0.3, 0.4) is 0 Å². The number of nitrogens with zero attached hydrogens (tertiary/aromatic N) is 5. The molecule has 0 bridgehead atoms. The highest BCUT2D eigenvalue weighted by Gasteiger charge is 2.36. The first-order valence-electron chi connectivity index (χ1n) is 12.2. The zero-order valence-electron chi connectivity index (χ0n) is 21.1. The van der Waals surface area contributed by atoms with Crippen molar-refractivity contribution in [3.8, 4) is 5.75 Å². The molecule has 4 rings (SSSR count). The van der Waals surface area contributed by atoms with Gasteiger partial charge in [0.05, 0.1) is 16.0 Å². The van der Waals surface area contributed by atoms with Gasteiger partial charge in [-0.05, 0) is 66.2 Å². The summed E-state index contributed by atoms with van der Waals surface area (Å²) in [5.41, 5.74) is 3.00. The first kappa shape index (κ1) is 29.1. The number of rotatable bonds is 14. The summed E-state index contributed by atoms with van der Waals surface area (Å²) in [6.45, 7) is 3.83.